The molecule has 1 saturated carbocycles. The summed E-state index contributed by atoms with van der Waals surface area (Å²) in [5, 5.41) is 3.10. The number of nitrogens with one attached hydrogen (secondary N) is 1. The van der Waals surface area contributed by atoms with Gasteiger partial charge in [-0.2, -0.15) is 0 Å². The van der Waals surface area contributed by atoms with Crippen molar-refractivity contribution in [1.29, 1.82) is 0 Å². The number of carbonyl (C=O) groups is 1. The summed E-state index contributed by atoms with van der Waals surface area (Å²) in [4.78, 5) is 13.1. The molecule has 1 heterocycles. The summed E-state index contributed by atoms with van der Waals surface area (Å²) >= 11 is 0. The Hall–Kier alpha value is -3.27. The Morgan fingerprint density at radius 3 is 2.13 bits per heavy atom. The number of benzene rings is 3. The number of carbonyl (C=O) groups excluding carboxylic acids is 1. The normalized spacial score (nSPS) is 15.8. The predicted octanol–water partition coefficient (Wildman–Crippen LogP) is 5.88. The zero-order valence-electron chi connectivity index (χ0n) is 17.3. The molecule has 1 fully saturated rings. The largest absolute Gasteiger partial charge is 0.454 e. The van der Waals surface area contributed by atoms with Crippen LogP contribution in [0.2, 0.25) is 0 Å². The number of ether oxygens (including phenoxy) is 2. The third kappa shape index (κ3) is 3.32. The molecule has 0 unspecified atom stereocenters. The molecule has 0 atom stereocenters. The third-order valence-corrected chi connectivity index (χ3v) is 6.16. The average Bonchev–Trinajstić information content (AvgIpc) is 3.45. The van der Waals surface area contributed by atoms with E-state index in [2.05, 4.69) is 55.6 Å². The highest BCUT2D eigenvalue weighted by Crippen LogP contribution is 2.51. The number of rotatable bonds is 5. The van der Waals surface area contributed by atoms with Gasteiger partial charge in [0.25, 0.3) is 0 Å². The number of hydrogen-bond donors (Lipinski definition) is 1. The van der Waals surface area contributed by atoms with Gasteiger partial charge in [0.05, 0.1) is 5.41 Å². The van der Waals surface area contributed by atoms with Crippen LogP contribution in [-0.4, -0.2) is 12.7 Å². The number of hydrogen-bond acceptors (Lipinski definition) is 3. The molecule has 1 aliphatic carbocycles. The molecular formula is C26H25NO3. The highest BCUT2D eigenvalue weighted by molar-refractivity contribution is 6.01. The van der Waals surface area contributed by atoms with Crippen molar-refractivity contribution >= 4 is 11.6 Å². The Kier molecular flexibility index (Phi) is 4.50. The van der Waals surface area contributed by atoms with Crippen molar-refractivity contribution in [3.05, 3.63) is 77.9 Å². The van der Waals surface area contributed by atoms with Crippen LogP contribution in [0.3, 0.4) is 0 Å². The highest BCUT2D eigenvalue weighted by atomic mass is 16.7. The fourth-order valence-corrected chi connectivity index (χ4v) is 4.02. The van der Waals surface area contributed by atoms with E-state index in [1.807, 2.05) is 30.3 Å². The molecule has 152 valence electrons. The standard InChI is InChI=1S/C26H25NO3/c1-17(2)18-3-5-19(6-4-18)20-7-10-22(11-8-20)27-25(28)26(13-14-26)21-9-12-23-24(15-21)30-16-29-23/h3-12,15,17H,13-14,16H2,1-2H3,(H,27,28). The molecule has 4 nitrogen and oxygen atoms in total. The molecule has 5 rings (SSSR count). The fraction of sp³-hybridized carbons (Fsp3) is 0.269. The van der Waals surface area contributed by atoms with Crippen LogP contribution in [0.5, 0.6) is 11.5 Å². The Morgan fingerprint density at radius 1 is 0.867 bits per heavy atom. The summed E-state index contributed by atoms with van der Waals surface area (Å²) in [7, 11) is 0. The van der Waals surface area contributed by atoms with E-state index in [0.29, 0.717) is 5.92 Å². The number of anilines is 1. The average molecular weight is 399 g/mol. The quantitative estimate of drug-likeness (QED) is 0.583. The Balaban J connectivity index is 1.30. The van der Waals surface area contributed by atoms with Crippen molar-refractivity contribution in [2.45, 2.75) is 38.0 Å². The minimum atomic E-state index is -0.466. The van der Waals surface area contributed by atoms with Crippen LogP contribution in [-0.2, 0) is 10.2 Å². The summed E-state index contributed by atoms with van der Waals surface area (Å²) in [5.74, 6) is 2.03. The summed E-state index contributed by atoms with van der Waals surface area (Å²) in [6.07, 6.45) is 1.69. The molecule has 0 aromatic heterocycles. The maximum atomic E-state index is 13.1. The molecule has 1 amide bonds. The number of amides is 1. The topological polar surface area (TPSA) is 47.6 Å². The van der Waals surface area contributed by atoms with Crippen LogP contribution in [0.1, 0.15) is 43.7 Å². The second-order valence-corrected chi connectivity index (χ2v) is 8.46. The molecule has 0 bridgehead atoms. The second-order valence-electron chi connectivity index (χ2n) is 8.46. The van der Waals surface area contributed by atoms with E-state index in [-0.39, 0.29) is 12.7 Å². The molecule has 1 aliphatic heterocycles. The van der Waals surface area contributed by atoms with Gasteiger partial charge >= 0.3 is 0 Å². The van der Waals surface area contributed by atoms with E-state index in [0.717, 1.165) is 41.2 Å². The lowest BCUT2D eigenvalue weighted by molar-refractivity contribution is -0.118. The Bertz CT molecular complexity index is 1080. The van der Waals surface area contributed by atoms with Crippen molar-refractivity contribution in [3.63, 3.8) is 0 Å². The van der Waals surface area contributed by atoms with Gasteiger partial charge in [-0.05, 0) is 65.3 Å². The first kappa shape index (κ1) is 18.7. The lowest BCUT2D eigenvalue weighted by Gasteiger charge is -2.16. The van der Waals surface area contributed by atoms with Gasteiger partial charge < -0.3 is 14.8 Å². The van der Waals surface area contributed by atoms with Crippen LogP contribution in [0.15, 0.2) is 66.7 Å². The smallest absolute Gasteiger partial charge is 0.235 e. The van der Waals surface area contributed by atoms with Crippen molar-refractivity contribution < 1.29 is 14.3 Å². The maximum absolute atomic E-state index is 13.1. The van der Waals surface area contributed by atoms with Crippen LogP contribution < -0.4 is 14.8 Å². The summed E-state index contributed by atoms with van der Waals surface area (Å²) in [6, 6.07) is 22.5. The van der Waals surface area contributed by atoms with E-state index in [1.54, 1.807) is 0 Å². The Labute approximate surface area is 176 Å². The van der Waals surface area contributed by atoms with Crippen molar-refractivity contribution in [3.8, 4) is 22.6 Å². The van der Waals surface area contributed by atoms with Gasteiger partial charge in [0, 0.05) is 5.69 Å². The molecular weight excluding hydrogens is 374 g/mol. The molecule has 0 spiro atoms. The SMILES string of the molecule is CC(C)c1ccc(-c2ccc(NC(=O)C3(c4ccc5c(c4)OCO5)CC3)cc2)cc1. The lowest BCUT2D eigenvalue weighted by Crippen LogP contribution is -2.27. The molecule has 1 N–H and O–H groups in total. The van der Waals surface area contributed by atoms with Gasteiger partial charge in [0.2, 0.25) is 12.7 Å². The van der Waals surface area contributed by atoms with Gasteiger partial charge in [0.1, 0.15) is 0 Å². The second kappa shape index (κ2) is 7.21. The van der Waals surface area contributed by atoms with Crippen LogP contribution in [0, 0.1) is 0 Å². The van der Waals surface area contributed by atoms with Gasteiger partial charge in [-0.25, -0.2) is 0 Å². The molecule has 2 aliphatic rings. The summed E-state index contributed by atoms with van der Waals surface area (Å²) < 4.78 is 10.9. The maximum Gasteiger partial charge on any atom is 0.235 e. The zero-order valence-corrected chi connectivity index (χ0v) is 17.3. The number of fused-ring (bicyclic) bond motifs is 1. The van der Waals surface area contributed by atoms with Crippen LogP contribution in [0.4, 0.5) is 5.69 Å². The molecule has 0 saturated heterocycles. The van der Waals surface area contributed by atoms with Gasteiger partial charge in [-0.3, -0.25) is 4.79 Å². The van der Waals surface area contributed by atoms with E-state index < -0.39 is 5.41 Å². The summed E-state index contributed by atoms with van der Waals surface area (Å²) in [6.45, 7) is 4.63. The molecule has 30 heavy (non-hydrogen) atoms. The van der Waals surface area contributed by atoms with Crippen molar-refractivity contribution in [2.24, 2.45) is 0 Å². The van der Waals surface area contributed by atoms with E-state index >= 15 is 0 Å². The van der Waals surface area contributed by atoms with Gasteiger partial charge in [-0.15, -0.1) is 0 Å². The van der Waals surface area contributed by atoms with E-state index in [1.165, 1.54) is 11.1 Å². The molecule has 3 aromatic rings. The predicted molar refractivity (Wildman–Crippen MR) is 118 cm³/mol. The lowest BCUT2D eigenvalue weighted by atomic mass is 9.94. The van der Waals surface area contributed by atoms with Crippen LogP contribution in [0.25, 0.3) is 11.1 Å². The van der Waals surface area contributed by atoms with Crippen molar-refractivity contribution in [1.82, 2.24) is 0 Å². The molecule has 0 radical (unpaired) electrons. The highest BCUT2D eigenvalue weighted by Gasteiger charge is 2.51. The third-order valence-electron chi connectivity index (χ3n) is 6.16. The first-order valence-electron chi connectivity index (χ1n) is 10.5. The van der Waals surface area contributed by atoms with Gasteiger partial charge in [0.15, 0.2) is 11.5 Å². The summed E-state index contributed by atoms with van der Waals surface area (Å²) in [5.41, 5.74) is 4.99. The molecule has 4 heteroatoms. The zero-order chi connectivity index (χ0) is 20.7. The minimum Gasteiger partial charge on any atom is -0.454 e. The first-order valence-corrected chi connectivity index (χ1v) is 10.5. The van der Waals surface area contributed by atoms with Gasteiger partial charge in [-0.1, -0.05) is 56.3 Å². The molecule has 3 aromatic carbocycles. The van der Waals surface area contributed by atoms with Crippen molar-refractivity contribution in [2.75, 3.05) is 12.1 Å². The van der Waals surface area contributed by atoms with E-state index in [4.69, 9.17) is 9.47 Å². The van der Waals surface area contributed by atoms with Crippen LogP contribution >= 0.6 is 0 Å². The van der Waals surface area contributed by atoms with E-state index in [9.17, 15) is 4.79 Å². The monoisotopic (exact) mass is 399 g/mol. The Morgan fingerprint density at radius 2 is 1.50 bits per heavy atom. The fourth-order valence-electron chi connectivity index (χ4n) is 4.02. The first-order chi connectivity index (χ1) is 14.5. The minimum absolute atomic E-state index is 0.0374.